The second-order valence-electron chi connectivity index (χ2n) is 14.4. The maximum Gasteiger partial charge on any atom is 0.256 e. The lowest BCUT2D eigenvalue weighted by atomic mass is 9.64. The molecule has 10 nitrogen and oxygen atoms in total. The fourth-order valence-electron chi connectivity index (χ4n) is 9.04. The van der Waals surface area contributed by atoms with Crippen LogP contribution in [0.2, 0.25) is 0 Å². The SMILES string of the molecule is CN(C)CCCCNC(=O)C1=CN2C3CC4CCCCC4CC3OC3C(N)C(F)C(NCCCN4CCOCC4)C(C1=O)C32. The molecule has 44 heavy (non-hydrogen) atoms. The van der Waals surface area contributed by atoms with E-state index in [1.165, 1.54) is 25.7 Å². The summed E-state index contributed by atoms with van der Waals surface area (Å²) in [6.45, 7) is 6.20. The highest BCUT2D eigenvalue weighted by atomic mass is 19.1. The van der Waals surface area contributed by atoms with Gasteiger partial charge >= 0.3 is 0 Å². The first-order valence-corrected chi connectivity index (χ1v) is 17.4. The van der Waals surface area contributed by atoms with Crippen LogP contribution in [0, 0.1) is 17.8 Å². The highest BCUT2D eigenvalue weighted by Gasteiger charge is 2.62. The number of ketones is 1. The second-order valence-corrected chi connectivity index (χ2v) is 14.4. The van der Waals surface area contributed by atoms with Gasteiger partial charge in [0.25, 0.3) is 5.91 Å². The van der Waals surface area contributed by atoms with E-state index in [0.717, 1.165) is 71.5 Å². The quantitative estimate of drug-likeness (QED) is 0.233. The Morgan fingerprint density at radius 2 is 1.84 bits per heavy atom. The molecular weight excluding hydrogens is 563 g/mol. The summed E-state index contributed by atoms with van der Waals surface area (Å²) in [5.74, 6) is -0.109. The molecule has 1 amide bonds. The number of ether oxygens (including phenoxy) is 2. The Morgan fingerprint density at radius 1 is 1.09 bits per heavy atom. The molecule has 11 heteroatoms. The minimum Gasteiger partial charge on any atom is -0.379 e. The Labute approximate surface area is 262 Å². The summed E-state index contributed by atoms with van der Waals surface area (Å²) < 4.78 is 28.5. The maximum absolute atomic E-state index is 16.3. The molecule has 6 rings (SSSR count). The second kappa shape index (κ2) is 14.4. The lowest BCUT2D eigenvalue weighted by Gasteiger charge is -2.61. The van der Waals surface area contributed by atoms with Gasteiger partial charge in [-0.15, -0.1) is 0 Å². The molecule has 3 saturated carbocycles. The minimum atomic E-state index is -1.45. The first-order valence-electron chi connectivity index (χ1n) is 17.4. The van der Waals surface area contributed by atoms with Crippen LogP contribution in [0.15, 0.2) is 11.8 Å². The Kier molecular flexibility index (Phi) is 10.6. The van der Waals surface area contributed by atoms with Crippen molar-refractivity contribution in [2.45, 2.75) is 100 Å². The number of morpholine rings is 2. The van der Waals surface area contributed by atoms with Crippen LogP contribution in [0.3, 0.4) is 0 Å². The number of hydrogen-bond donors (Lipinski definition) is 3. The van der Waals surface area contributed by atoms with Gasteiger partial charge in [0.2, 0.25) is 0 Å². The normalized spacial score (nSPS) is 38.9. The van der Waals surface area contributed by atoms with Crippen LogP contribution in [-0.2, 0) is 19.1 Å². The van der Waals surface area contributed by atoms with Gasteiger partial charge in [-0.25, -0.2) is 4.39 Å². The van der Waals surface area contributed by atoms with Crippen molar-refractivity contribution in [2.75, 3.05) is 66.6 Å². The summed E-state index contributed by atoms with van der Waals surface area (Å²) in [4.78, 5) is 34.6. The number of nitrogens with one attached hydrogen (secondary N) is 2. The van der Waals surface area contributed by atoms with Crippen LogP contribution < -0.4 is 16.4 Å². The number of nitrogens with zero attached hydrogens (tertiary/aromatic N) is 3. The van der Waals surface area contributed by atoms with Crippen LogP contribution in [-0.4, -0.2) is 136 Å². The Balaban J connectivity index is 1.22. The molecule has 10 atom stereocenters. The molecule has 3 heterocycles. The average molecular weight is 619 g/mol. The van der Waals surface area contributed by atoms with Gasteiger partial charge in [0.1, 0.15) is 6.17 Å². The van der Waals surface area contributed by atoms with Gasteiger partial charge in [-0.3, -0.25) is 14.5 Å². The molecular formula is C33H55FN6O4. The molecule has 2 saturated heterocycles. The number of halogens is 1. The first kappa shape index (κ1) is 32.3. The highest BCUT2D eigenvalue weighted by Crippen LogP contribution is 2.50. The highest BCUT2D eigenvalue weighted by molar-refractivity contribution is 6.20. The van der Waals surface area contributed by atoms with Crippen LogP contribution >= 0.6 is 0 Å². The van der Waals surface area contributed by atoms with Crippen molar-refractivity contribution in [3.8, 4) is 0 Å². The van der Waals surface area contributed by atoms with E-state index in [9.17, 15) is 9.59 Å². The van der Waals surface area contributed by atoms with E-state index in [1.807, 2.05) is 20.3 Å². The number of amides is 1. The zero-order valence-electron chi connectivity index (χ0n) is 26.8. The fourth-order valence-corrected chi connectivity index (χ4v) is 9.04. The summed E-state index contributed by atoms with van der Waals surface area (Å²) in [5, 5.41) is 6.44. The molecule has 0 aromatic heterocycles. The minimum absolute atomic E-state index is 0.0627. The zero-order chi connectivity index (χ0) is 30.8. The van der Waals surface area contributed by atoms with Crippen molar-refractivity contribution in [3.05, 3.63) is 11.8 Å². The summed E-state index contributed by atoms with van der Waals surface area (Å²) in [5.41, 5.74) is 6.81. The number of carbonyl (C=O) groups excluding carboxylic acids is 2. The molecule has 4 N–H and O–H groups in total. The zero-order valence-corrected chi connectivity index (χ0v) is 26.8. The molecule has 3 aliphatic carbocycles. The number of carbonyl (C=O) groups is 2. The van der Waals surface area contributed by atoms with E-state index < -0.39 is 30.3 Å². The molecule has 0 aromatic carbocycles. The smallest absolute Gasteiger partial charge is 0.256 e. The van der Waals surface area contributed by atoms with Crippen molar-refractivity contribution in [2.24, 2.45) is 23.5 Å². The molecule has 0 aromatic rings. The van der Waals surface area contributed by atoms with Crippen LogP contribution in [0.4, 0.5) is 4.39 Å². The van der Waals surface area contributed by atoms with E-state index in [-0.39, 0.29) is 35.5 Å². The lowest BCUT2D eigenvalue weighted by molar-refractivity contribution is -0.209. The van der Waals surface area contributed by atoms with Gasteiger partial charge in [0.05, 0.1) is 61.1 Å². The van der Waals surface area contributed by atoms with E-state index in [2.05, 4.69) is 25.3 Å². The van der Waals surface area contributed by atoms with Gasteiger partial charge in [0, 0.05) is 25.8 Å². The number of rotatable bonds is 11. The Bertz CT molecular complexity index is 1040. The van der Waals surface area contributed by atoms with Crippen molar-refractivity contribution < 1.29 is 23.5 Å². The average Bonchev–Trinajstić information content (AvgIpc) is 3.02. The number of hydrogen-bond acceptors (Lipinski definition) is 9. The third-order valence-corrected chi connectivity index (χ3v) is 11.4. The summed E-state index contributed by atoms with van der Waals surface area (Å²) in [6, 6.07) is -1.92. The van der Waals surface area contributed by atoms with Gasteiger partial charge < -0.3 is 35.6 Å². The van der Waals surface area contributed by atoms with Crippen molar-refractivity contribution in [3.63, 3.8) is 0 Å². The van der Waals surface area contributed by atoms with E-state index >= 15 is 4.39 Å². The third-order valence-electron chi connectivity index (χ3n) is 11.4. The van der Waals surface area contributed by atoms with E-state index in [1.54, 1.807) is 0 Å². The largest absolute Gasteiger partial charge is 0.379 e. The predicted molar refractivity (Wildman–Crippen MR) is 167 cm³/mol. The van der Waals surface area contributed by atoms with Crippen molar-refractivity contribution >= 4 is 11.7 Å². The lowest BCUT2D eigenvalue weighted by Crippen LogP contribution is -2.77. The number of alkyl halides is 1. The number of unbranched alkanes of at least 4 members (excludes halogenated alkanes) is 1. The number of nitrogens with two attached hydrogens (primary N) is 1. The summed E-state index contributed by atoms with van der Waals surface area (Å²) in [7, 11) is 4.07. The van der Waals surface area contributed by atoms with Crippen LogP contribution in [0.1, 0.15) is 57.8 Å². The molecule has 3 aliphatic heterocycles. The molecule has 5 fully saturated rings. The Hall–Kier alpha value is -1.63. The standard InChI is InChI=1S/C33H55FN6O4/c1-38(2)12-6-5-10-37-33(42)23-20-40-24-18-21-8-3-4-9-22(21)19-25(24)44-32-28(35)27(34)29(26(30(32)40)31(23)41)36-11-7-13-39-14-16-43-17-15-39/h20-22,24-30,32,36H,3-19,35H2,1-2H3,(H,37,42). The number of Topliss-reactive ketones (excluding diaryl/α,β-unsaturated/α-hetero) is 1. The predicted octanol–water partition coefficient (Wildman–Crippen LogP) is 1.29. The monoisotopic (exact) mass is 618 g/mol. The van der Waals surface area contributed by atoms with Gasteiger partial charge in [0.15, 0.2) is 5.78 Å². The van der Waals surface area contributed by atoms with Gasteiger partial charge in [-0.05, 0) is 77.7 Å². The van der Waals surface area contributed by atoms with Crippen molar-refractivity contribution in [1.82, 2.24) is 25.3 Å². The van der Waals surface area contributed by atoms with E-state index in [4.69, 9.17) is 15.2 Å². The summed E-state index contributed by atoms with van der Waals surface area (Å²) >= 11 is 0. The first-order chi connectivity index (χ1) is 21.3. The third kappa shape index (κ3) is 6.74. The molecule has 10 unspecified atom stereocenters. The van der Waals surface area contributed by atoms with E-state index in [0.29, 0.717) is 24.9 Å². The molecule has 0 radical (unpaired) electrons. The van der Waals surface area contributed by atoms with Gasteiger partial charge in [-0.1, -0.05) is 25.7 Å². The molecule has 0 spiro atoms. The topological polar surface area (TPSA) is 112 Å². The number of fused-ring (bicyclic) bond motifs is 3. The fraction of sp³-hybridized carbons (Fsp3) is 0.879. The molecule has 0 bridgehead atoms. The maximum atomic E-state index is 16.3. The summed E-state index contributed by atoms with van der Waals surface area (Å²) in [6.07, 6.45) is 9.23. The Morgan fingerprint density at radius 3 is 2.59 bits per heavy atom. The van der Waals surface area contributed by atoms with Crippen LogP contribution in [0.5, 0.6) is 0 Å². The van der Waals surface area contributed by atoms with Gasteiger partial charge in [-0.2, -0.15) is 0 Å². The molecule has 248 valence electrons. The van der Waals surface area contributed by atoms with Crippen molar-refractivity contribution in [1.29, 1.82) is 0 Å². The molecule has 6 aliphatic rings. The van der Waals surface area contributed by atoms with Crippen LogP contribution in [0.25, 0.3) is 0 Å².